The molecule has 2 saturated heterocycles. The molecule has 0 saturated carbocycles. The van der Waals surface area contributed by atoms with Gasteiger partial charge in [-0.15, -0.1) is 0 Å². The SMILES string of the molecule is COC(=O)[C@@]1(Cc2ccccc2)N[C@@H](c2ccc(OC)cc2)[C@@H]2C(=O)N(c3ccc(Cl)cc3)C(=O)[C@@H]21. The quantitative estimate of drug-likeness (QED) is 0.404. The first kappa shape index (κ1) is 24.0. The molecule has 1 N–H and O–H groups in total. The number of benzene rings is 3. The molecule has 2 amide bonds. The second kappa shape index (κ2) is 9.41. The fourth-order valence-corrected chi connectivity index (χ4v) is 5.59. The molecule has 2 heterocycles. The van der Waals surface area contributed by atoms with E-state index >= 15 is 0 Å². The van der Waals surface area contributed by atoms with Gasteiger partial charge in [0.05, 0.1) is 31.7 Å². The average Bonchev–Trinajstić information content (AvgIpc) is 3.38. The van der Waals surface area contributed by atoms with Gasteiger partial charge in [-0.1, -0.05) is 54.1 Å². The van der Waals surface area contributed by atoms with Gasteiger partial charge >= 0.3 is 5.97 Å². The summed E-state index contributed by atoms with van der Waals surface area (Å²) in [5, 5.41) is 3.89. The van der Waals surface area contributed by atoms with Crippen molar-refractivity contribution in [1.29, 1.82) is 0 Å². The minimum absolute atomic E-state index is 0.182. The highest BCUT2D eigenvalue weighted by atomic mass is 35.5. The molecule has 7 nitrogen and oxygen atoms in total. The number of imide groups is 1. The van der Waals surface area contributed by atoms with Gasteiger partial charge in [0.15, 0.2) is 0 Å². The number of esters is 1. The van der Waals surface area contributed by atoms with Crippen molar-refractivity contribution >= 4 is 35.1 Å². The number of ether oxygens (including phenoxy) is 2. The standard InChI is InChI=1S/C28H25ClN2O5/c1-35-21-14-8-18(9-15-21)24-22-23(26(33)31(25(22)32)20-12-10-19(29)11-13-20)28(30-24,27(34)36-2)16-17-6-4-3-5-7-17/h3-15,22-24,30H,16H2,1-2H3/t22-,23-,24+,28+/m1/s1. The molecule has 184 valence electrons. The number of fused-ring (bicyclic) bond motifs is 1. The summed E-state index contributed by atoms with van der Waals surface area (Å²) in [6.45, 7) is 0. The zero-order valence-corrected chi connectivity index (χ0v) is 20.6. The first-order valence-corrected chi connectivity index (χ1v) is 11.9. The van der Waals surface area contributed by atoms with Crippen LogP contribution in [0.15, 0.2) is 78.9 Å². The third-order valence-electron chi connectivity index (χ3n) is 7.09. The van der Waals surface area contributed by atoms with Crippen molar-refractivity contribution in [3.63, 3.8) is 0 Å². The molecule has 0 unspecified atom stereocenters. The zero-order valence-electron chi connectivity index (χ0n) is 19.8. The van der Waals surface area contributed by atoms with Crippen LogP contribution in [0, 0.1) is 11.8 Å². The van der Waals surface area contributed by atoms with Crippen molar-refractivity contribution in [3.8, 4) is 5.75 Å². The van der Waals surface area contributed by atoms with E-state index in [1.165, 1.54) is 12.0 Å². The van der Waals surface area contributed by atoms with Crippen LogP contribution in [0.3, 0.4) is 0 Å². The molecule has 36 heavy (non-hydrogen) atoms. The van der Waals surface area contributed by atoms with Crippen LogP contribution in [0.2, 0.25) is 5.02 Å². The molecular formula is C28H25ClN2O5. The number of carbonyl (C=O) groups is 3. The third kappa shape index (κ3) is 3.85. The van der Waals surface area contributed by atoms with E-state index in [0.29, 0.717) is 16.5 Å². The maximum absolute atomic E-state index is 14.0. The van der Waals surface area contributed by atoms with E-state index in [4.69, 9.17) is 21.1 Å². The molecule has 8 heteroatoms. The number of carbonyl (C=O) groups excluding carboxylic acids is 3. The molecule has 5 rings (SSSR count). The lowest BCUT2D eigenvalue weighted by Crippen LogP contribution is -2.57. The summed E-state index contributed by atoms with van der Waals surface area (Å²) in [5.41, 5.74) is 0.577. The number of amides is 2. The Hall–Kier alpha value is -3.68. The Bertz CT molecular complexity index is 1300. The van der Waals surface area contributed by atoms with Crippen LogP contribution in [0.25, 0.3) is 0 Å². The van der Waals surface area contributed by atoms with E-state index in [9.17, 15) is 14.4 Å². The third-order valence-corrected chi connectivity index (χ3v) is 7.34. The molecule has 0 aliphatic carbocycles. The summed E-state index contributed by atoms with van der Waals surface area (Å²) in [7, 11) is 2.87. The Morgan fingerprint density at radius 1 is 0.944 bits per heavy atom. The van der Waals surface area contributed by atoms with E-state index < -0.39 is 35.3 Å². The molecule has 0 spiro atoms. The number of anilines is 1. The van der Waals surface area contributed by atoms with Crippen LogP contribution in [0.5, 0.6) is 5.75 Å². The van der Waals surface area contributed by atoms with Crippen LogP contribution in [-0.4, -0.2) is 37.5 Å². The van der Waals surface area contributed by atoms with E-state index in [-0.39, 0.29) is 12.3 Å². The number of hydrogen-bond acceptors (Lipinski definition) is 6. The highest BCUT2D eigenvalue weighted by molar-refractivity contribution is 6.31. The molecular weight excluding hydrogens is 480 g/mol. The van der Waals surface area contributed by atoms with Gasteiger partial charge in [0.25, 0.3) is 0 Å². The van der Waals surface area contributed by atoms with Crippen LogP contribution in [-0.2, 0) is 25.5 Å². The summed E-state index contributed by atoms with van der Waals surface area (Å²) in [6, 6.07) is 22.6. The van der Waals surface area contributed by atoms with Crippen LogP contribution in [0.4, 0.5) is 5.69 Å². The van der Waals surface area contributed by atoms with Gasteiger partial charge < -0.3 is 9.47 Å². The smallest absolute Gasteiger partial charge is 0.327 e. The number of nitrogens with one attached hydrogen (secondary N) is 1. The largest absolute Gasteiger partial charge is 0.497 e. The Morgan fingerprint density at radius 3 is 2.22 bits per heavy atom. The number of rotatable bonds is 6. The van der Waals surface area contributed by atoms with Crippen molar-refractivity contribution in [2.75, 3.05) is 19.1 Å². The topological polar surface area (TPSA) is 84.9 Å². The maximum Gasteiger partial charge on any atom is 0.327 e. The van der Waals surface area contributed by atoms with Crippen molar-refractivity contribution in [3.05, 3.63) is 95.0 Å². The van der Waals surface area contributed by atoms with Crippen molar-refractivity contribution in [2.24, 2.45) is 11.8 Å². The molecule has 0 aromatic heterocycles. The predicted molar refractivity (Wildman–Crippen MR) is 135 cm³/mol. The number of methoxy groups -OCH3 is 2. The zero-order chi connectivity index (χ0) is 25.4. The van der Waals surface area contributed by atoms with Crippen molar-refractivity contribution < 1.29 is 23.9 Å². The second-order valence-corrected chi connectivity index (χ2v) is 9.45. The fourth-order valence-electron chi connectivity index (χ4n) is 5.47. The van der Waals surface area contributed by atoms with Crippen LogP contribution in [0.1, 0.15) is 17.2 Å². The van der Waals surface area contributed by atoms with Gasteiger partial charge in [-0.05, 0) is 47.5 Å². The number of halogens is 1. The van der Waals surface area contributed by atoms with Gasteiger partial charge in [0.1, 0.15) is 11.3 Å². The van der Waals surface area contributed by atoms with Crippen molar-refractivity contribution in [2.45, 2.75) is 18.0 Å². The lowest BCUT2D eigenvalue weighted by atomic mass is 9.76. The normalized spacial score (nSPS) is 25.1. The van der Waals surface area contributed by atoms with Gasteiger partial charge in [-0.25, -0.2) is 4.90 Å². The fraction of sp³-hybridized carbons (Fsp3) is 0.250. The van der Waals surface area contributed by atoms with E-state index in [2.05, 4.69) is 5.32 Å². The molecule has 2 fully saturated rings. The first-order valence-electron chi connectivity index (χ1n) is 11.6. The summed E-state index contributed by atoms with van der Waals surface area (Å²) in [5.74, 6) is -2.54. The minimum Gasteiger partial charge on any atom is -0.497 e. The number of nitrogens with zero attached hydrogens (tertiary/aromatic N) is 1. The van der Waals surface area contributed by atoms with Gasteiger partial charge in [-0.3, -0.25) is 19.7 Å². The average molecular weight is 505 g/mol. The lowest BCUT2D eigenvalue weighted by Gasteiger charge is -2.32. The Kier molecular flexibility index (Phi) is 6.28. The van der Waals surface area contributed by atoms with Gasteiger partial charge in [0, 0.05) is 17.5 Å². The highest BCUT2D eigenvalue weighted by Gasteiger charge is 2.68. The Morgan fingerprint density at radius 2 is 1.61 bits per heavy atom. The molecule has 0 bridgehead atoms. The summed E-state index contributed by atoms with van der Waals surface area (Å²) in [4.78, 5) is 42.6. The molecule has 4 atom stereocenters. The molecule has 0 radical (unpaired) electrons. The predicted octanol–water partition coefficient (Wildman–Crippen LogP) is 3.95. The molecule has 3 aromatic carbocycles. The molecule has 2 aliphatic heterocycles. The van der Waals surface area contributed by atoms with Crippen molar-refractivity contribution in [1.82, 2.24) is 5.32 Å². The second-order valence-electron chi connectivity index (χ2n) is 9.01. The van der Waals surface area contributed by atoms with Crippen LogP contribution >= 0.6 is 11.6 Å². The van der Waals surface area contributed by atoms with Gasteiger partial charge in [-0.2, -0.15) is 0 Å². The lowest BCUT2D eigenvalue weighted by molar-refractivity contribution is -0.152. The van der Waals surface area contributed by atoms with E-state index in [0.717, 1.165) is 11.1 Å². The molecule has 3 aromatic rings. The minimum atomic E-state index is -1.45. The highest BCUT2D eigenvalue weighted by Crippen LogP contribution is 2.51. The molecule has 2 aliphatic rings. The van der Waals surface area contributed by atoms with E-state index in [1.54, 1.807) is 43.5 Å². The van der Waals surface area contributed by atoms with Gasteiger partial charge in [0.2, 0.25) is 11.8 Å². The first-order chi connectivity index (χ1) is 17.4. The monoisotopic (exact) mass is 504 g/mol. The Labute approximate surface area is 214 Å². The summed E-state index contributed by atoms with van der Waals surface area (Å²) >= 11 is 6.04. The summed E-state index contributed by atoms with van der Waals surface area (Å²) in [6.07, 6.45) is 0.182. The Balaban J connectivity index is 1.66. The summed E-state index contributed by atoms with van der Waals surface area (Å²) < 4.78 is 10.5. The number of hydrogen-bond donors (Lipinski definition) is 1. The van der Waals surface area contributed by atoms with E-state index in [1.807, 2.05) is 42.5 Å². The van der Waals surface area contributed by atoms with Crippen LogP contribution < -0.4 is 15.0 Å². The maximum atomic E-state index is 14.0.